The molecule has 0 radical (unpaired) electrons. The quantitative estimate of drug-likeness (QED) is 0.910. The van der Waals surface area contributed by atoms with Gasteiger partial charge in [0.1, 0.15) is 17.9 Å². The highest BCUT2D eigenvalue weighted by atomic mass is 16.5. The van der Waals surface area contributed by atoms with Crippen LogP contribution in [0.4, 0.5) is 5.82 Å². The molecule has 0 aliphatic heterocycles. The second-order valence-corrected chi connectivity index (χ2v) is 4.39. The molecule has 0 atom stereocenters. The van der Waals surface area contributed by atoms with Gasteiger partial charge in [0.25, 0.3) is 0 Å². The molecule has 0 spiro atoms. The Morgan fingerprint density at radius 3 is 2.84 bits per heavy atom. The Kier molecular flexibility index (Phi) is 3.14. The van der Waals surface area contributed by atoms with Crippen molar-refractivity contribution in [1.82, 2.24) is 9.97 Å². The van der Waals surface area contributed by atoms with E-state index in [-0.39, 0.29) is 0 Å². The molecule has 19 heavy (non-hydrogen) atoms. The summed E-state index contributed by atoms with van der Waals surface area (Å²) in [5, 5.41) is 3.36. The lowest BCUT2D eigenvalue weighted by atomic mass is 10.2. The fourth-order valence-electron chi connectivity index (χ4n) is 2.13. The zero-order valence-electron chi connectivity index (χ0n) is 10.8. The maximum atomic E-state index is 5.14. The Morgan fingerprint density at radius 1 is 1.21 bits per heavy atom. The van der Waals surface area contributed by atoms with Crippen LogP contribution in [0.1, 0.15) is 16.8 Å². The molecule has 2 aromatic rings. The predicted molar refractivity (Wildman–Crippen MR) is 75.1 cm³/mol. The van der Waals surface area contributed by atoms with Gasteiger partial charge in [-0.2, -0.15) is 0 Å². The van der Waals surface area contributed by atoms with Gasteiger partial charge in [0.15, 0.2) is 0 Å². The van der Waals surface area contributed by atoms with Gasteiger partial charge in [0.2, 0.25) is 0 Å². The fourth-order valence-corrected chi connectivity index (χ4v) is 2.13. The summed E-state index contributed by atoms with van der Waals surface area (Å²) in [5.74, 6) is 1.77. The molecule has 1 aliphatic rings. The van der Waals surface area contributed by atoms with E-state index >= 15 is 0 Å². The van der Waals surface area contributed by atoms with Crippen LogP contribution in [0.15, 0.2) is 36.7 Å². The molecule has 0 amide bonds. The van der Waals surface area contributed by atoms with Crippen molar-refractivity contribution in [2.24, 2.45) is 0 Å². The van der Waals surface area contributed by atoms with Crippen LogP contribution < -0.4 is 10.1 Å². The van der Waals surface area contributed by atoms with Gasteiger partial charge in [-0.25, -0.2) is 9.97 Å². The van der Waals surface area contributed by atoms with Crippen LogP contribution in [0.5, 0.6) is 5.75 Å². The van der Waals surface area contributed by atoms with Crippen molar-refractivity contribution in [2.75, 3.05) is 12.4 Å². The minimum atomic E-state index is 0.737. The summed E-state index contributed by atoms with van der Waals surface area (Å²) in [6, 6.07) is 8.01. The van der Waals surface area contributed by atoms with Gasteiger partial charge in [0, 0.05) is 18.5 Å². The smallest absolute Gasteiger partial charge is 0.137 e. The van der Waals surface area contributed by atoms with Crippen LogP contribution in [0.25, 0.3) is 6.08 Å². The number of ether oxygens (including phenoxy) is 1. The Hall–Kier alpha value is -2.36. The first-order valence-electron chi connectivity index (χ1n) is 6.24. The number of benzene rings is 1. The van der Waals surface area contributed by atoms with Gasteiger partial charge in [-0.1, -0.05) is 24.3 Å². The maximum Gasteiger partial charge on any atom is 0.137 e. The standard InChI is InChI=1S/C15H15N3O/c1-19-12-7-5-11(6-8-12)9-16-15-13-3-2-4-14(13)17-10-18-15/h2-3,5-8,10H,4,9H2,1H3,(H,16,17,18). The van der Waals surface area contributed by atoms with Crippen LogP contribution in [0.2, 0.25) is 0 Å². The van der Waals surface area contributed by atoms with Gasteiger partial charge in [-0.3, -0.25) is 0 Å². The number of methoxy groups -OCH3 is 1. The number of fused-ring (bicyclic) bond motifs is 1. The summed E-state index contributed by atoms with van der Waals surface area (Å²) in [6.45, 7) is 0.737. The van der Waals surface area contributed by atoms with E-state index < -0.39 is 0 Å². The van der Waals surface area contributed by atoms with Gasteiger partial charge in [0.05, 0.1) is 12.8 Å². The van der Waals surface area contributed by atoms with Gasteiger partial charge < -0.3 is 10.1 Å². The molecule has 4 nitrogen and oxygen atoms in total. The van der Waals surface area contributed by atoms with Crippen molar-refractivity contribution >= 4 is 11.9 Å². The minimum Gasteiger partial charge on any atom is -0.497 e. The molecule has 4 heteroatoms. The molecular weight excluding hydrogens is 238 g/mol. The van der Waals surface area contributed by atoms with Crippen molar-refractivity contribution in [2.45, 2.75) is 13.0 Å². The van der Waals surface area contributed by atoms with Crippen LogP contribution >= 0.6 is 0 Å². The first kappa shape index (κ1) is 11.7. The van der Waals surface area contributed by atoms with Crippen LogP contribution in [0.3, 0.4) is 0 Å². The summed E-state index contributed by atoms with van der Waals surface area (Å²) in [7, 11) is 1.67. The largest absolute Gasteiger partial charge is 0.497 e. The molecule has 1 N–H and O–H groups in total. The topological polar surface area (TPSA) is 47.0 Å². The summed E-state index contributed by atoms with van der Waals surface area (Å²) < 4.78 is 5.14. The number of hydrogen-bond acceptors (Lipinski definition) is 4. The molecule has 96 valence electrons. The zero-order valence-corrected chi connectivity index (χ0v) is 10.8. The SMILES string of the molecule is COc1ccc(CNc2ncnc3c2C=CC3)cc1. The fraction of sp³-hybridized carbons (Fsp3) is 0.200. The first-order valence-corrected chi connectivity index (χ1v) is 6.24. The number of allylic oxidation sites excluding steroid dienone is 1. The molecule has 1 aliphatic carbocycles. The lowest BCUT2D eigenvalue weighted by Gasteiger charge is -2.09. The van der Waals surface area contributed by atoms with E-state index in [0.29, 0.717) is 0 Å². The molecule has 1 aromatic heterocycles. The highest BCUT2D eigenvalue weighted by molar-refractivity contribution is 5.68. The van der Waals surface area contributed by atoms with Crippen LogP contribution in [-0.2, 0) is 13.0 Å². The third-order valence-electron chi connectivity index (χ3n) is 3.18. The van der Waals surface area contributed by atoms with Crippen molar-refractivity contribution in [3.05, 3.63) is 53.5 Å². The van der Waals surface area contributed by atoms with Crippen molar-refractivity contribution in [3.8, 4) is 5.75 Å². The van der Waals surface area contributed by atoms with E-state index in [4.69, 9.17) is 4.74 Å². The third-order valence-corrected chi connectivity index (χ3v) is 3.18. The number of nitrogens with zero attached hydrogens (tertiary/aromatic N) is 2. The molecule has 1 heterocycles. The van der Waals surface area contributed by atoms with E-state index in [2.05, 4.69) is 27.4 Å². The van der Waals surface area contributed by atoms with E-state index in [1.54, 1.807) is 13.4 Å². The average Bonchev–Trinajstić information content (AvgIpc) is 2.94. The molecular formula is C15H15N3O. The van der Waals surface area contributed by atoms with E-state index in [1.165, 1.54) is 5.56 Å². The molecule has 0 fully saturated rings. The average molecular weight is 253 g/mol. The van der Waals surface area contributed by atoms with Gasteiger partial charge >= 0.3 is 0 Å². The number of nitrogens with one attached hydrogen (secondary N) is 1. The molecule has 0 bridgehead atoms. The number of aromatic nitrogens is 2. The minimum absolute atomic E-state index is 0.737. The van der Waals surface area contributed by atoms with Crippen molar-refractivity contribution in [1.29, 1.82) is 0 Å². The number of anilines is 1. The Bertz CT molecular complexity index is 605. The second-order valence-electron chi connectivity index (χ2n) is 4.39. The summed E-state index contributed by atoms with van der Waals surface area (Å²) in [4.78, 5) is 8.57. The molecule has 0 unspecified atom stereocenters. The Balaban J connectivity index is 1.72. The predicted octanol–water partition coefficient (Wildman–Crippen LogP) is 2.67. The lowest BCUT2D eigenvalue weighted by Crippen LogP contribution is -2.04. The highest BCUT2D eigenvalue weighted by Crippen LogP contribution is 2.23. The molecule has 0 saturated carbocycles. The zero-order chi connectivity index (χ0) is 13.1. The maximum absolute atomic E-state index is 5.14. The summed E-state index contributed by atoms with van der Waals surface area (Å²) in [6.07, 6.45) is 6.70. The highest BCUT2D eigenvalue weighted by Gasteiger charge is 2.11. The normalized spacial score (nSPS) is 12.3. The van der Waals surface area contributed by atoms with E-state index in [1.807, 2.05) is 24.3 Å². The molecule has 3 rings (SSSR count). The Morgan fingerprint density at radius 2 is 2.05 bits per heavy atom. The van der Waals surface area contributed by atoms with Crippen molar-refractivity contribution < 1.29 is 4.74 Å². The van der Waals surface area contributed by atoms with Gasteiger partial charge in [-0.05, 0) is 17.7 Å². The van der Waals surface area contributed by atoms with Gasteiger partial charge in [-0.15, -0.1) is 0 Å². The van der Waals surface area contributed by atoms with Crippen LogP contribution in [0, 0.1) is 0 Å². The first-order chi connectivity index (χ1) is 9.36. The second kappa shape index (κ2) is 5.10. The third kappa shape index (κ3) is 2.42. The Labute approximate surface area is 112 Å². The monoisotopic (exact) mass is 253 g/mol. The van der Waals surface area contributed by atoms with E-state index in [9.17, 15) is 0 Å². The summed E-state index contributed by atoms with van der Waals surface area (Å²) >= 11 is 0. The lowest BCUT2D eigenvalue weighted by molar-refractivity contribution is 0.414. The van der Waals surface area contributed by atoms with E-state index in [0.717, 1.165) is 35.8 Å². The number of rotatable bonds is 4. The van der Waals surface area contributed by atoms with Crippen molar-refractivity contribution in [3.63, 3.8) is 0 Å². The van der Waals surface area contributed by atoms with Crippen LogP contribution in [-0.4, -0.2) is 17.1 Å². The number of hydrogen-bond donors (Lipinski definition) is 1. The summed E-state index contributed by atoms with van der Waals surface area (Å²) in [5.41, 5.74) is 3.39. The molecule has 1 aromatic carbocycles. The molecule has 0 saturated heterocycles.